The van der Waals surface area contributed by atoms with Crippen LogP contribution in [0.3, 0.4) is 0 Å². The number of aryl methyl sites for hydroxylation is 1. The van der Waals surface area contributed by atoms with Gasteiger partial charge in [-0.2, -0.15) is 0 Å². The normalized spacial score (nSPS) is 11.4. The van der Waals surface area contributed by atoms with E-state index in [-0.39, 0.29) is 17.9 Å². The second-order valence-corrected chi connectivity index (χ2v) is 4.71. The van der Waals surface area contributed by atoms with Gasteiger partial charge in [-0.1, -0.05) is 5.16 Å². The highest BCUT2D eigenvalue weighted by molar-refractivity contribution is 6.16. The van der Waals surface area contributed by atoms with Gasteiger partial charge in [0.2, 0.25) is 0 Å². The minimum atomic E-state index is -0.709. The number of alkyl halides is 1. The third-order valence-corrected chi connectivity index (χ3v) is 3.20. The van der Waals surface area contributed by atoms with E-state index in [4.69, 9.17) is 16.1 Å². The Morgan fingerprint density at radius 1 is 1.30 bits per heavy atom. The van der Waals surface area contributed by atoms with Crippen LogP contribution in [0.4, 0.5) is 8.78 Å². The topological polar surface area (TPSA) is 43.9 Å². The Hall–Kier alpha value is -1.95. The van der Waals surface area contributed by atoms with Crippen molar-refractivity contribution in [2.75, 3.05) is 0 Å². The van der Waals surface area contributed by atoms with Gasteiger partial charge in [0.15, 0.2) is 11.6 Å². The molecule has 0 unspecified atom stereocenters. The zero-order chi connectivity index (χ0) is 14.3. The van der Waals surface area contributed by atoms with Crippen LogP contribution in [0, 0.1) is 18.6 Å². The molecule has 0 aliphatic heterocycles. The molecule has 4 nitrogen and oxygen atoms in total. The molecule has 0 amide bonds. The van der Waals surface area contributed by atoms with E-state index < -0.39 is 11.6 Å². The van der Waals surface area contributed by atoms with E-state index in [0.717, 1.165) is 11.8 Å². The summed E-state index contributed by atoms with van der Waals surface area (Å²) in [6.45, 7) is 2.06. The minimum absolute atomic E-state index is 0.0862. The molecule has 0 fully saturated rings. The number of aromatic nitrogens is 3. The Labute approximate surface area is 118 Å². The molecule has 0 aliphatic rings. The smallest absolute Gasteiger partial charge is 0.156 e. The maximum Gasteiger partial charge on any atom is 0.156 e. The monoisotopic (exact) mass is 297 g/mol. The van der Waals surface area contributed by atoms with Crippen molar-refractivity contribution in [1.29, 1.82) is 0 Å². The summed E-state index contributed by atoms with van der Waals surface area (Å²) in [6, 6.07) is 3.78. The summed E-state index contributed by atoms with van der Waals surface area (Å²) >= 11 is 5.82. The summed E-state index contributed by atoms with van der Waals surface area (Å²) < 4.78 is 33.8. The first-order valence-electron chi connectivity index (χ1n) is 5.91. The van der Waals surface area contributed by atoms with E-state index in [0.29, 0.717) is 17.1 Å². The lowest BCUT2D eigenvalue weighted by Crippen LogP contribution is -2.03. The fourth-order valence-electron chi connectivity index (χ4n) is 2.12. The molecule has 0 N–H and O–H groups in total. The van der Waals surface area contributed by atoms with Crippen LogP contribution in [0.2, 0.25) is 0 Å². The lowest BCUT2D eigenvalue weighted by molar-refractivity contribution is 0.373. The number of imidazole rings is 1. The summed E-state index contributed by atoms with van der Waals surface area (Å²) in [6.07, 6.45) is 0. The zero-order valence-electron chi connectivity index (χ0n) is 10.5. The Kier molecular flexibility index (Phi) is 3.17. The molecule has 0 radical (unpaired) electrons. The van der Waals surface area contributed by atoms with Crippen molar-refractivity contribution in [1.82, 2.24) is 14.7 Å². The van der Waals surface area contributed by atoms with Gasteiger partial charge in [0.1, 0.15) is 17.2 Å². The maximum atomic E-state index is 13.7. The van der Waals surface area contributed by atoms with Gasteiger partial charge < -0.3 is 9.09 Å². The molecule has 2 heterocycles. The largest absolute Gasteiger partial charge is 0.359 e. The molecule has 0 saturated carbocycles. The van der Waals surface area contributed by atoms with Crippen LogP contribution >= 0.6 is 11.6 Å². The van der Waals surface area contributed by atoms with E-state index in [1.165, 1.54) is 6.07 Å². The van der Waals surface area contributed by atoms with Crippen LogP contribution in [-0.2, 0) is 12.4 Å². The minimum Gasteiger partial charge on any atom is -0.359 e. The lowest BCUT2D eigenvalue weighted by atomic mass is 10.3. The molecule has 3 aromatic rings. The molecule has 0 bridgehead atoms. The zero-order valence-corrected chi connectivity index (χ0v) is 11.3. The predicted octanol–water partition coefficient (Wildman–Crippen LogP) is 3.40. The first-order chi connectivity index (χ1) is 9.58. The SMILES string of the molecule is Cc1cc(Cn2c(CCl)nc3c(F)cc(F)cc32)on1. The van der Waals surface area contributed by atoms with Crippen LogP contribution in [0.25, 0.3) is 11.0 Å². The van der Waals surface area contributed by atoms with Crippen LogP contribution in [0.1, 0.15) is 17.3 Å². The number of hydrogen-bond acceptors (Lipinski definition) is 3. The summed E-state index contributed by atoms with van der Waals surface area (Å²) in [7, 11) is 0. The van der Waals surface area contributed by atoms with Crippen molar-refractivity contribution in [2.24, 2.45) is 0 Å². The molecule has 20 heavy (non-hydrogen) atoms. The molecule has 0 saturated heterocycles. The second kappa shape index (κ2) is 4.86. The van der Waals surface area contributed by atoms with Crippen molar-refractivity contribution in [3.63, 3.8) is 0 Å². The standard InChI is InChI=1S/C13H10ClF2N3O/c1-7-2-9(20-18-7)6-19-11-4-8(15)3-10(16)13(11)17-12(19)5-14/h2-4H,5-6H2,1H3. The molecule has 0 spiro atoms. The average Bonchev–Trinajstić information content (AvgIpc) is 2.95. The van der Waals surface area contributed by atoms with Crippen LogP contribution in [-0.4, -0.2) is 14.7 Å². The highest BCUT2D eigenvalue weighted by Gasteiger charge is 2.16. The summed E-state index contributed by atoms with van der Waals surface area (Å²) in [5, 5.41) is 3.78. The molecule has 2 aromatic heterocycles. The van der Waals surface area contributed by atoms with E-state index in [1.54, 1.807) is 17.6 Å². The van der Waals surface area contributed by atoms with Crippen molar-refractivity contribution in [3.8, 4) is 0 Å². The summed E-state index contributed by atoms with van der Waals surface area (Å²) in [5.74, 6) is -0.272. The number of hydrogen-bond donors (Lipinski definition) is 0. The summed E-state index contributed by atoms with van der Waals surface area (Å²) in [5.41, 5.74) is 1.17. The molecule has 0 atom stereocenters. The van der Waals surface area contributed by atoms with Gasteiger partial charge in [-0.15, -0.1) is 11.6 Å². The van der Waals surface area contributed by atoms with E-state index in [1.807, 2.05) is 0 Å². The van der Waals surface area contributed by atoms with Gasteiger partial charge in [0.25, 0.3) is 0 Å². The van der Waals surface area contributed by atoms with Crippen LogP contribution in [0.5, 0.6) is 0 Å². The first kappa shape index (κ1) is 13.1. The van der Waals surface area contributed by atoms with E-state index in [2.05, 4.69) is 10.1 Å². The van der Waals surface area contributed by atoms with Crippen molar-refractivity contribution in [2.45, 2.75) is 19.3 Å². The van der Waals surface area contributed by atoms with Gasteiger partial charge in [0, 0.05) is 12.1 Å². The maximum absolute atomic E-state index is 13.7. The van der Waals surface area contributed by atoms with Crippen molar-refractivity contribution >= 4 is 22.6 Å². The molecule has 104 valence electrons. The molecular formula is C13H10ClF2N3O. The number of fused-ring (bicyclic) bond motifs is 1. The quantitative estimate of drug-likeness (QED) is 0.696. The molecule has 7 heteroatoms. The Balaban J connectivity index is 2.17. The van der Waals surface area contributed by atoms with E-state index in [9.17, 15) is 8.78 Å². The number of halogens is 3. The fraction of sp³-hybridized carbons (Fsp3) is 0.231. The van der Waals surface area contributed by atoms with Crippen LogP contribution < -0.4 is 0 Å². The van der Waals surface area contributed by atoms with Crippen molar-refractivity contribution in [3.05, 3.63) is 47.1 Å². The molecular weight excluding hydrogens is 288 g/mol. The average molecular weight is 298 g/mol. The molecule has 3 rings (SSSR count). The van der Waals surface area contributed by atoms with Gasteiger partial charge >= 0.3 is 0 Å². The third-order valence-electron chi connectivity index (χ3n) is 2.96. The highest BCUT2D eigenvalue weighted by atomic mass is 35.5. The van der Waals surface area contributed by atoms with Gasteiger partial charge in [-0.05, 0) is 13.0 Å². The Bertz CT molecular complexity index is 781. The molecule has 0 aliphatic carbocycles. The number of nitrogens with zero attached hydrogens (tertiary/aromatic N) is 3. The molecule has 1 aromatic carbocycles. The van der Waals surface area contributed by atoms with Crippen LogP contribution in [0.15, 0.2) is 22.7 Å². The summed E-state index contributed by atoms with van der Waals surface area (Å²) in [4.78, 5) is 4.10. The fourth-order valence-corrected chi connectivity index (χ4v) is 2.33. The third kappa shape index (κ3) is 2.16. The first-order valence-corrected chi connectivity index (χ1v) is 6.44. The van der Waals surface area contributed by atoms with Gasteiger partial charge in [-0.3, -0.25) is 0 Å². The number of benzene rings is 1. The van der Waals surface area contributed by atoms with E-state index >= 15 is 0 Å². The number of rotatable bonds is 3. The predicted molar refractivity (Wildman–Crippen MR) is 69.5 cm³/mol. The Morgan fingerprint density at radius 2 is 2.10 bits per heavy atom. The highest BCUT2D eigenvalue weighted by Crippen LogP contribution is 2.23. The second-order valence-electron chi connectivity index (χ2n) is 4.44. The Morgan fingerprint density at radius 3 is 2.75 bits per heavy atom. The lowest BCUT2D eigenvalue weighted by Gasteiger charge is -2.04. The van der Waals surface area contributed by atoms with Crippen molar-refractivity contribution < 1.29 is 13.3 Å². The van der Waals surface area contributed by atoms with Gasteiger partial charge in [-0.25, -0.2) is 13.8 Å². The van der Waals surface area contributed by atoms with Gasteiger partial charge in [0.05, 0.1) is 23.6 Å².